The zero-order valence-corrected chi connectivity index (χ0v) is 16.3. The molecule has 2 amide bonds. The summed E-state index contributed by atoms with van der Waals surface area (Å²) >= 11 is 0. The second kappa shape index (κ2) is 8.21. The number of anilines is 2. The van der Waals surface area contributed by atoms with Crippen molar-refractivity contribution in [2.45, 2.75) is 13.0 Å². The van der Waals surface area contributed by atoms with Crippen LogP contribution in [0.15, 0.2) is 30.3 Å². The van der Waals surface area contributed by atoms with E-state index in [0.717, 1.165) is 4.90 Å². The lowest BCUT2D eigenvalue weighted by Gasteiger charge is -2.41. The molecule has 1 aromatic carbocycles. The van der Waals surface area contributed by atoms with Crippen LogP contribution in [0.4, 0.5) is 16.3 Å². The number of benzene rings is 1. The molecule has 1 aliphatic rings. The molecule has 0 bridgehead atoms. The molecule has 0 aliphatic carbocycles. The molecule has 4 N–H and O–H groups in total. The highest BCUT2D eigenvalue weighted by Crippen LogP contribution is 2.32. The molecule has 29 heavy (non-hydrogen) atoms. The molecule has 1 aromatic heterocycles. The van der Waals surface area contributed by atoms with E-state index in [4.69, 9.17) is 10.8 Å². The Balaban J connectivity index is 1.76. The van der Waals surface area contributed by atoms with Gasteiger partial charge in [0.25, 0.3) is 0 Å². The van der Waals surface area contributed by atoms with Gasteiger partial charge < -0.3 is 30.6 Å². The number of phenols is 1. The van der Waals surface area contributed by atoms with Crippen molar-refractivity contribution >= 4 is 23.5 Å². The normalized spacial score (nSPS) is 16.6. The number of rotatable bonds is 4. The van der Waals surface area contributed by atoms with E-state index in [9.17, 15) is 14.7 Å². The molecule has 10 heteroatoms. The van der Waals surface area contributed by atoms with E-state index in [2.05, 4.69) is 10.2 Å². The van der Waals surface area contributed by atoms with Crippen LogP contribution in [0.1, 0.15) is 6.92 Å². The lowest BCUT2D eigenvalue weighted by Crippen LogP contribution is -2.56. The number of carbonyl (C=O) groups is 2. The number of hydrogen-bond acceptors (Lipinski definition) is 7. The van der Waals surface area contributed by atoms with Crippen LogP contribution in [0.3, 0.4) is 0 Å². The van der Waals surface area contributed by atoms with Crippen molar-refractivity contribution in [2.24, 2.45) is 0 Å². The summed E-state index contributed by atoms with van der Waals surface area (Å²) in [7, 11) is 1.37. The average molecular weight is 400 g/mol. The number of para-hydroxylation sites is 1. The monoisotopic (exact) mass is 400 g/mol. The minimum atomic E-state index is -1.14. The number of carbonyl (C=O) groups excluding carboxylic acids is 1. The Morgan fingerprint density at radius 3 is 2.66 bits per heavy atom. The van der Waals surface area contributed by atoms with Crippen LogP contribution in [0.25, 0.3) is 11.3 Å². The van der Waals surface area contributed by atoms with Crippen LogP contribution in [0.5, 0.6) is 5.75 Å². The van der Waals surface area contributed by atoms with E-state index in [1.54, 1.807) is 35.2 Å². The maximum Gasteiger partial charge on any atom is 0.407 e. The summed E-state index contributed by atoms with van der Waals surface area (Å²) < 4.78 is 0. The van der Waals surface area contributed by atoms with Crippen molar-refractivity contribution in [3.63, 3.8) is 0 Å². The second-order valence-corrected chi connectivity index (χ2v) is 7.04. The van der Waals surface area contributed by atoms with Gasteiger partial charge in [-0.1, -0.05) is 12.1 Å². The van der Waals surface area contributed by atoms with Gasteiger partial charge in [-0.05, 0) is 25.1 Å². The van der Waals surface area contributed by atoms with Gasteiger partial charge in [0.05, 0.1) is 11.4 Å². The van der Waals surface area contributed by atoms with E-state index in [-0.39, 0.29) is 30.1 Å². The number of aromatic nitrogens is 2. The van der Waals surface area contributed by atoms with Crippen molar-refractivity contribution in [1.29, 1.82) is 0 Å². The SMILES string of the molecule is CC1CN(c2cc(-c3ccccc3O)nnc2N)CCN1C(=O)CN(C)C(=O)O. The van der Waals surface area contributed by atoms with Gasteiger partial charge >= 0.3 is 6.09 Å². The molecular weight excluding hydrogens is 376 g/mol. The van der Waals surface area contributed by atoms with Gasteiger partial charge in [-0.15, -0.1) is 10.2 Å². The molecule has 154 valence electrons. The Labute approximate surface area is 168 Å². The van der Waals surface area contributed by atoms with Crippen molar-refractivity contribution in [2.75, 3.05) is 43.9 Å². The van der Waals surface area contributed by atoms with Crippen LogP contribution in [0.2, 0.25) is 0 Å². The number of nitrogen functional groups attached to an aromatic ring is 1. The first-order chi connectivity index (χ1) is 13.8. The average Bonchev–Trinajstić information content (AvgIpc) is 2.68. The number of phenolic OH excluding ortho intramolecular Hbond substituents is 1. The fraction of sp³-hybridized carbons (Fsp3) is 0.368. The smallest absolute Gasteiger partial charge is 0.407 e. The van der Waals surface area contributed by atoms with E-state index >= 15 is 0 Å². The number of nitrogens with zero attached hydrogens (tertiary/aromatic N) is 5. The maximum absolute atomic E-state index is 12.4. The van der Waals surface area contributed by atoms with Crippen LogP contribution in [-0.2, 0) is 4.79 Å². The van der Waals surface area contributed by atoms with Crippen LogP contribution in [-0.4, -0.2) is 81.5 Å². The minimum absolute atomic E-state index is 0.101. The summed E-state index contributed by atoms with van der Waals surface area (Å²) in [5.41, 5.74) is 7.78. The minimum Gasteiger partial charge on any atom is -0.507 e. The maximum atomic E-state index is 12.4. The van der Waals surface area contributed by atoms with Crippen molar-refractivity contribution in [3.8, 4) is 17.0 Å². The molecule has 1 saturated heterocycles. The number of aromatic hydroxyl groups is 1. The van der Waals surface area contributed by atoms with E-state index in [1.165, 1.54) is 7.05 Å². The molecule has 1 atom stereocenters. The van der Waals surface area contributed by atoms with Crippen LogP contribution >= 0.6 is 0 Å². The van der Waals surface area contributed by atoms with Gasteiger partial charge in [0.1, 0.15) is 12.3 Å². The lowest BCUT2D eigenvalue weighted by molar-refractivity contribution is -0.134. The van der Waals surface area contributed by atoms with Gasteiger partial charge in [0, 0.05) is 38.3 Å². The first kappa shape index (κ1) is 20.2. The highest BCUT2D eigenvalue weighted by Gasteiger charge is 2.30. The molecule has 10 nitrogen and oxygen atoms in total. The zero-order chi connectivity index (χ0) is 21.1. The molecule has 1 aliphatic heterocycles. The Kier molecular flexibility index (Phi) is 5.71. The Bertz CT molecular complexity index is 921. The third-order valence-corrected chi connectivity index (χ3v) is 4.97. The number of piperazine rings is 1. The fourth-order valence-corrected chi connectivity index (χ4v) is 3.37. The number of likely N-dealkylation sites (N-methyl/N-ethyl adjacent to an activating group) is 1. The highest BCUT2D eigenvalue weighted by atomic mass is 16.4. The van der Waals surface area contributed by atoms with Crippen molar-refractivity contribution in [1.82, 2.24) is 20.0 Å². The lowest BCUT2D eigenvalue weighted by atomic mass is 10.1. The molecule has 1 fully saturated rings. The van der Waals surface area contributed by atoms with Crippen molar-refractivity contribution in [3.05, 3.63) is 30.3 Å². The molecule has 1 unspecified atom stereocenters. The van der Waals surface area contributed by atoms with E-state index in [1.807, 2.05) is 11.8 Å². The quantitative estimate of drug-likeness (QED) is 0.693. The molecule has 0 radical (unpaired) electrons. The van der Waals surface area contributed by atoms with Gasteiger partial charge in [0.15, 0.2) is 5.82 Å². The Morgan fingerprint density at radius 2 is 2.00 bits per heavy atom. The zero-order valence-electron chi connectivity index (χ0n) is 16.3. The topological polar surface area (TPSA) is 136 Å². The third kappa shape index (κ3) is 4.31. The number of amides is 2. The fourth-order valence-electron chi connectivity index (χ4n) is 3.37. The van der Waals surface area contributed by atoms with Crippen LogP contribution < -0.4 is 10.6 Å². The van der Waals surface area contributed by atoms with Gasteiger partial charge in [0.2, 0.25) is 5.91 Å². The molecular formula is C19H24N6O4. The number of hydrogen-bond donors (Lipinski definition) is 3. The van der Waals surface area contributed by atoms with Gasteiger partial charge in [-0.3, -0.25) is 4.79 Å². The summed E-state index contributed by atoms with van der Waals surface area (Å²) in [6.07, 6.45) is -1.14. The summed E-state index contributed by atoms with van der Waals surface area (Å²) in [6.45, 7) is 3.18. The number of nitrogens with two attached hydrogens (primary N) is 1. The van der Waals surface area contributed by atoms with Gasteiger partial charge in [-0.25, -0.2) is 4.79 Å². The first-order valence-corrected chi connectivity index (χ1v) is 9.18. The third-order valence-electron chi connectivity index (χ3n) is 4.97. The molecule has 2 aromatic rings. The highest BCUT2D eigenvalue weighted by molar-refractivity contribution is 5.82. The predicted molar refractivity (Wildman–Crippen MR) is 108 cm³/mol. The van der Waals surface area contributed by atoms with E-state index in [0.29, 0.717) is 36.6 Å². The van der Waals surface area contributed by atoms with Crippen molar-refractivity contribution < 1.29 is 19.8 Å². The van der Waals surface area contributed by atoms with E-state index < -0.39 is 6.09 Å². The summed E-state index contributed by atoms with van der Waals surface area (Å²) in [4.78, 5) is 28.0. The molecule has 0 spiro atoms. The molecule has 3 rings (SSSR count). The van der Waals surface area contributed by atoms with Crippen LogP contribution in [0, 0.1) is 0 Å². The standard InChI is InChI=1S/C19H24N6O4/c1-12-10-24(7-8-25(12)17(27)11-23(2)19(28)29)15-9-14(21-22-18(15)20)13-5-3-4-6-16(13)26/h3-6,9,12,26H,7-8,10-11H2,1-2H3,(H2,20,22)(H,28,29). The summed E-state index contributed by atoms with van der Waals surface area (Å²) in [6, 6.07) is 8.49. The summed E-state index contributed by atoms with van der Waals surface area (Å²) in [5.74, 6) is 0.128. The Morgan fingerprint density at radius 1 is 1.28 bits per heavy atom. The first-order valence-electron chi connectivity index (χ1n) is 9.18. The predicted octanol–water partition coefficient (Wildman–Crippen LogP) is 1.08. The molecule has 0 saturated carbocycles. The van der Waals surface area contributed by atoms with Gasteiger partial charge in [-0.2, -0.15) is 0 Å². The number of carboxylic acid groups (broad SMARTS) is 1. The Hall–Kier alpha value is -3.56. The largest absolute Gasteiger partial charge is 0.507 e. The second-order valence-electron chi connectivity index (χ2n) is 7.04. The molecule has 2 heterocycles. The summed E-state index contributed by atoms with van der Waals surface area (Å²) in [5, 5.41) is 27.2.